The molecule has 2 amide bonds. The summed E-state index contributed by atoms with van der Waals surface area (Å²) in [4.78, 5) is 30.6. The van der Waals surface area contributed by atoms with Crippen molar-refractivity contribution in [2.24, 2.45) is 5.73 Å². The SMILES string of the molecule is CC.Cc1ccc(Nc2c(C(N)=O)oc3ccncc23)c(F)c1.O=C(NCCCO)c1ccncc1. The number of halogens is 1. The topological polar surface area (TPSA) is 143 Å². The molecule has 3 heterocycles. The number of aliphatic hydroxyl groups is 1. The number of primary amides is 1. The normalized spacial score (nSPS) is 9.92. The third kappa shape index (κ3) is 7.60. The number of amides is 2. The van der Waals surface area contributed by atoms with Crippen LogP contribution in [0.2, 0.25) is 0 Å². The number of hydrogen-bond donors (Lipinski definition) is 4. The molecule has 0 aliphatic rings. The van der Waals surface area contributed by atoms with Crippen molar-refractivity contribution in [3.8, 4) is 0 Å². The van der Waals surface area contributed by atoms with Gasteiger partial charge in [-0.15, -0.1) is 0 Å². The first kappa shape index (κ1) is 27.9. The molecule has 0 spiro atoms. The Hall–Kier alpha value is -4.31. The summed E-state index contributed by atoms with van der Waals surface area (Å²) < 4.78 is 19.3. The molecule has 190 valence electrons. The van der Waals surface area contributed by atoms with E-state index in [4.69, 9.17) is 15.3 Å². The van der Waals surface area contributed by atoms with Gasteiger partial charge in [0.15, 0.2) is 0 Å². The summed E-state index contributed by atoms with van der Waals surface area (Å²) in [5.41, 5.74) is 7.69. The predicted octanol–water partition coefficient (Wildman–Crippen LogP) is 4.34. The van der Waals surface area contributed by atoms with Crippen molar-refractivity contribution in [1.29, 1.82) is 0 Å². The number of nitrogens with two attached hydrogens (primary N) is 1. The van der Waals surface area contributed by atoms with E-state index in [-0.39, 0.29) is 24.0 Å². The van der Waals surface area contributed by atoms with E-state index in [9.17, 15) is 14.0 Å². The van der Waals surface area contributed by atoms with Gasteiger partial charge in [-0.25, -0.2) is 4.39 Å². The summed E-state index contributed by atoms with van der Waals surface area (Å²) in [6, 6.07) is 9.65. The fraction of sp³-hybridized carbons (Fsp3) is 0.231. The number of rotatable bonds is 7. The van der Waals surface area contributed by atoms with Crippen molar-refractivity contribution in [3.05, 3.63) is 83.9 Å². The molecule has 0 aliphatic heterocycles. The summed E-state index contributed by atoms with van der Waals surface area (Å²) in [6.07, 6.45) is 6.78. The van der Waals surface area contributed by atoms with Gasteiger partial charge in [0.05, 0.1) is 11.1 Å². The van der Waals surface area contributed by atoms with Crippen LogP contribution in [0.25, 0.3) is 11.0 Å². The van der Waals surface area contributed by atoms with E-state index in [1.54, 1.807) is 49.6 Å². The average molecular weight is 496 g/mol. The molecule has 0 saturated heterocycles. The van der Waals surface area contributed by atoms with Gasteiger partial charge in [-0.1, -0.05) is 19.9 Å². The van der Waals surface area contributed by atoms with Gasteiger partial charge in [0.1, 0.15) is 17.1 Å². The maximum atomic E-state index is 14.0. The zero-order chi connectivity index (χ0) is 26.5. The van der Waals surface area contributed by atoms with Crippen LogP contribution in [-0.2, 0) is 0 Å². The number of fused-ring (bicyclic) bond motifs is 1. The summed E-state index contributed by atoms with van der Waals surface area (Å²) >= 11 is 0. The number of benzene rings is 1. The monoisotopic (exact) mass is 495 g/mol. The number of aliphatic hydroxyl groups excluding tert-OH is 1. The van der Waals surface area contributed by atoms with Crippen LogP contribution in [0.15, 0.2) is 65.6 Å². The zero-order valence-corrected chi connectivity index (χ0v) is 20.4. The largest absolute Gasteiger partial charge is 0.448 e. The number of furan rings is 1. The molecule has 3 aromatic heterocycles. The van der Waals surface area contributed by atoms with Crippen LogP contribution in [0.5, 0.6) is 0 Å². The van der Waals surface area contributed by atoms with Crippen molar-refractivity contribution in [1.82, 2.24) is 15.3 Å². The van der Waals surface area contributed by atoms with Crippen LogP contribution >= 0.6 is 0 Å². The van der Waals surface area contributed by atoms with Gasteiger partial charge in [-0.05, 0) is 49.2 Å². The minimum atomic E-state index is -0.735. The Morgan fingerprint density at radius 1 is 1.08 bits per heavy atom. The zero-order valence-electron chi connectivity index (χ0n) is 20.4. The predicted molar refractivity (Wildman–Crippen MR) is 137 cm³/mol. The lowest BCUT2D eigenvalue weighted by Gasteiger charge is -2.07. The van der Waals surface area contributed by atoms with Gasteiger partial charge >= 0.3 is 0 Å². The maximum absolute atomic E-state index is 14.0. The third-order valence-electron chi connectivity index (χ3n) is 4.66. The average Bonchev–Trinajstić information content (AvgIpc) is 3.27. The fourth-order valence-corrected chi connectivity index (χ4v) is 2.98. The van der Waals surface area contributed by atoms with E-state index in [2.05, 4.69) is 20.6 Å². The number of hydrogen-bond acceptors (Lipinski definition) is 7. The standard InChI is InChI=1S/C15H12FN3O2.C9H12N2O2.C2H6/c1-8-2-3-11(10(16)6-8)19-13-9-7-18-5-4-12(9)21-14(13)15(17)20;12-7-1-4-11-9(13)8-2-5-10-6-3-8;1-2/h2-7,19H,1H3,(H2,17,20);2-3,5-6,12H,1,4,7H2,(H,11,13);1-2H3. The smallest absolute Gasteiger partial charge is 0.286 e. The number of pyridine rings is 2. The van der Waals surface area contributed by atoms with Gasteiger partial charge in [0, 0.05) is 43.5 Å². The molecule has 0 unspecified atom stereocenters. The summed E-state index contributed by atoms with van der Waals surface area (Å²) in [5.74, 6) is -1.35. The van der Waals surface area contributed by atoms with E-state index in [1.807, 2.05) is 13.8 Å². The summed E-state index contributed by atoms with van der Waals surface area (Å²) in [6.45, 7) is 6.38. The first-order chi connectivity index (χ1) is 17.4. The van der Waals surface area contributed by atoms with Crippen molar-refractivity contribution in [3.63, 3.8) is 0 Å². The third-order valence-corrected chi connectivity index (χ3v) is 4.66. The highest BCUT2D eigenvalue weighted by molar-refractivity contribution is 6.06. The summed E-state index contributed by atoms with van der Waals surface area (Å²) in [5, 5.41) is 14.6. The molecule has 36 heavy (non-hydrogen) atoms. The Balaban J connectivity index is 0.000000262. The molecule has 5 N–H and O–H groups in total. The second-order valence-electron chi connectivity index (χ2n) is 7.22. The minimum absolute atomic E-state index is 0.0574. The van der Waals surface area contributed by atoms with E-state index in [0.717, 1.165) is 5.56 Å². The minimum Gasteiger partial charge on any atom is -0.448 e. The Morgan fingerprint density at radius 2 is 1.78 bits per heavy atom. The molecule has 4 aromatic rings. The van der Waals surface area contributed by atoms with Crippen molar-refractivity contribution in [2.45, 2.75) is 27.2 Å². The van der Waals surface area contributed by atoms with Gasteiger partial charge in [-0.3, -0.25) is 19.6 Å². The number of anilines is 2. The van der Waals surface area contributed by atoms with Crippen LogP contribution in [0.3, 0.4) is 0 Å². The molecule has 0 bridgehead atoms. The second-order valence-corrected chi connectivity index (χ2v) is 7.22. The highest BCUT2D eigenvalue weighted by Crippen LogP contribution is 2.33. The molecule has 0 saturated carbocycles. The van der Waals surface area contributed by atoms with Crippen molar-refractivity contribution < 1.29 is 23.5 Å². The van der Waals surface area contributed by atoms with Crippen LogP contribution in [0, 0.1) is 12.7 Å². The molecule has 0 atom stereocenters. The Bertz CT molecular complexity index is 1280. The molecule has 9 nitrogen and oxygen atoms in total. The molecular weight excluding hydrogens is 465 g/mol. The first-order valence-electron chi connectivity index (χ1n) is 11.4. The van der Waals surface area contributed by atoms with Gasteiger partial charge in [0.2, 0.25) is 5.76 Å². The quantitative estimate of drug-likeness (QED) is 0.279. The Kier molecular flexibility index (Phi) is 11.0. The van der Waals surface area contributed by atoms with E-state index in [0.29, 0.717) is 35.2 Å². The molecule has 0 aliphatic carbocycles. The molecule has 4 rings (SSSR count). The number of nitrogens with one attached hydrogen (secondary N) is 2. The molecule has 0 fully saturated rings. The number of nitrogens with zero attached hydrogens (tertiary/aromatic N) is 2. The van der Waals surface area contributed by atoms with Gasteiger partial charge in [-0.2, -0.15) is 0 Å². The Morgan fingerprint density at radius 3 is 2.42 bits per heavy atom. The lowest BCUT2D eigenvalue weighted by Crippen LogP contribution is -2.24. The number of carbonyl (C=O) groups is 2. The number of aromatic nitrogens is 2. The molecular formula is C26H30FN5O4. The first-order valence-corrected chi connectivity index (χ1v) is 11.4. The lowest BCUT2D eigenvalue weighted by molar-refractivity contribution is 0.0948. The van der Waals surface area contributed by atoms with Crippen LogP contribution in [0.1, 0.15) is 46.7 Å². The highest BCUT2D eigenvalue weighted by atomic mass is 19.1. The van der Waals surface area contributed by atoms with E-state index >= 15 is 0 Å². The van der Waals surface area contributed by atoms with E-state index < -0.39 is 11.7 Å². The number of aryl methyl sites for hydroxylation is 1. The van der Waals surface area contributed by atoms with Crippen LogP contribution in [-0.4, -0.2) is 40.0 Å². The molecule has 0 radical (unpaired) electrons. The van der Waals surface area contributed by atoms with E-state index in [1.165, 1.54) is 18.5 Å². The van der Waals surface area contributed by atoms with Crippen molar-refractivity contribution >= 4 is 34.2 Å². The maximum Gasteiger partial charge on any atom is 0.286 e. The number of carbonyl (C=O) groups excluding carboxylic acids is 2. The summed E-state index contributed by atoms with van der Waals surface area (Å²) in [7, 11) is 0. The molecule has 1 aromatic carbocycles. The van der Waals surface area contributed by atoms with Crippen LogP contribution < -0.4 is 16.4 Å². The van der Waals surface area contributed by atoms with Crippen LogP contribution in [0.4, 0.5) is 15.8 Å². The second kappa shape index (κ2) is 14.2. The van der Waals surface area contributed by atoms with Gasteiger partial charge < -0.3 is 25.9 Å². The van der Waals surface area contributed by atoms with Crippen molar-refractivity contribution in [2.75, 3.05) is 18.5 Å². The molecule has 10 heteroatoms. The Labute approximate surface area is 208 Å². The fourth-order valence-electron chi connectivity index (χ4n) is 2.98. The lowest BCUT2D eigenvalue weighted by atomic mass is 10.2. The highest BCUT2D eigenvalue weighted by Gasteiger charge is 2.19. The van der Waals surface area contributed by atoms with Gasteiger partial charge in [0.25, 0.3) is 11.8 Å².